The van der Waals surface area contributed by atoms with Gasteiger partial charge in [-0.1, -0.05) is 18.2 Å². The lowest BCUT2D eigenvalue weighted by Crippen LogP contribution is -2.00. The highest BCUT2D eigenvalue weighted by Gasteiger charge is 2.02. The molecule has 2 aromatic rings. The maximum Gasteiger partial charge on any atom is 0.132 e. The van der Waals surface area contributed by atoms with Gasteiger partial charge < -0.3 is 4.74 Å². The molecule has 0 aliphatic rings. The molecule has 84 valence electrons. The SMILES string of the molecule is ClCc1nnc(CCOc2ccccc2)s1. The van der Waals surface area contributed by atoms with Crippen LogP contribution in [-0.2, 0) is 12.3 Å². The zero-order chi connectivity index (χ0) is 11.2. The van der Waals surface area contributed by atoms with E-state index >= 15 is 0 Å². The molecule has 16 heavy (non-hydrogen) atoms. The van der Waals surface area contributed by atoms with Crippen LogP contribution in [0.1, 0.15) is 10.0 Å². The van der Waals surface area contributed by atoms with Crippen molar-refractivity contribution >= 4 is 22.9 Å². The van der Waals surface area contributed by atoms with Gasteiger partial charge >= 0.3 is 0 Å². The van der Waals surface area contributed by atoms with Gasteiger partial charge in [-0.15, -0.1) is 33.1 Å². The van der Waals surface area contributed by atoms with Crippen molar-refractivity contribution in [2.45, 2.75) is 12.3 Å². The number of alkyl halides is 1. The molecule has 1 aromatic carbocycles. The smallest absolute Gasteiger partial charge is 0.132 e. The summed E-state index contributed by atoms with van der Waals surface area (Å²) in [5.74, 6) is 1.31. The van der Waals surface area contributed by atoms with Gasteiger partial charge in [0.25, 0.3) is 0 Å². The molecule has 0 fully saturated rings. The quantitative estimate of drug-likeness (QED) is 0.770. The van der Waals surface area contributed by atoms with Gasteiger partial charge in [0, 0.05) is 6.42 Å². The van der Waals surface area contributed by atoms with Crippen molar-refractivity contribution in [2.24, 2.45) is 0 Å². The van der Waals surface area contributed by atoms with Crippen molar-refractivity contribution in [3.05, 3.63) is 40.3 Å². The van der Waals surface area contributed by atoms with Crippen molar-refractivity contribution in [1.82, 2.24) is 10.2 Å². The number of hydrogen-bond acceptors (Lipinski definition) is 4. The van der Waals surface area contributed by atoms with Gasteiger partial charge in [-0.05, 0) is 12.1 Å². The molecule has 0 spiro atoms. The summed E-state index contributed by atoms with van der Waals surface area (Å²) < 4.78 is 5.56. The molecular weight excluding hydrogens is 244 g/mol. The second-order valence-corrected chi connectivity index (χ2v) is 4.55. The van der Waals surface area contributed by atoms with E-state index in [1.54, 1.807) is 0 Å². The summed E-state index contributed by atoms with van der Waals surface area (Å²) in [5, 5.41) is 9.79. The number of hydrogen-bond donors (Lipinski definition) is 0. The summed E-state index contributed by atoms with van der Waals surface area (Å²) in [5.41, 5.74) is 0. The van der Waals surface area contributed by atoms with E-state index in [0.717, 1.165) is 22.2 Å². The monoisotopic (exact) mass is 254 g/mol. The van der Waals surface area contributed by atoms with Crippen LogP contribution in [0.25, 0.3) is 0 Å². The topological polar surface area (TPSA) is 35.0 Å². The Morgan fingerprint density at radius 3 is 2.56 bits per heavy atom. The molecule has 0 saturated heterocycles. The minimum atomic E-state index is 0.428. The van der Waals surface area contributed by atoms with Crippen LogP contribution in [0.5, 0.6) is 5.75 Å². The Labute approximate surface area is 103 Å². The average Bonchev–Trinajstić information content (AvgIpc) is 2.78. The lowest BCUT2D eigenvalue weighted by molar-refractivity contribution is 0.321. The molecule has 0 radical (unpaired) electrons. The van der Waals surface area contributed by atoms with Gasteiger partial charge in [0.05, 0.1) is 12.5 Å². The number of nitrogens with zero attached hydrogens (tertiary/aromatic N) is 2. The third kappa shape index (κ3) is 3.18. The van der Waals surface area contributed by atoms with Crippen LogP contribution in [0.15, 0.2) is 30.3 Å². The Morgan fingerprint density at radius 2 is 1.88 bits per heavy atom. The van der Waals surface area contributed by atoms with Gasteiger partial charge in [-0.25, -0.2) is 0 Å². The highest BCUT2D eigenvalue weighted by atomic mass is 35.5. The largest absolute Gasteiger partial charge is 0.493 e. The first-order chi connectivity index (χ1) is 7.88. The summed E-state index contributed by atoms with van der Waals surface area (Å²) >= 11 is 7.18. The Morgan fingerprint density at radius 1 is 1.12 bits per heavy atom. The first-order valence-electron chi connectivity index (χ1n) is 4.93. The zero-order valence-corrected chi connectivity index (χ0v) is 10.2. The summed E-state index contributed by atoms with van der Waals surface area (Å²) in [4.78, 5) is 0. The minimum absolute atomic E-state index is 0.428. The van der Waals surface area contributed by atoms with Gasteiger partial charge in [-0.3, -0.25) is 0 Å². The molecule has 0 amide bonds. The number of para-hydroxylation sites is 1. The fraction of sp³-hybridized carbons (Fsp3) is 0.273. The van der Waals surface area contributed by atoms with Crippen molar-refractivity contribution < 1.29 is 4.74 Å². The Bertz CT molecular complexity index is 433. The van der Waals surface area contributed by atoms with E-state index in [2.05, 4.69) is 10.2 Å². The zero-order valence-electron chi connectivity index (χ0n) is 8.60. The number of ether oxygens (including phenoxy) is 1. The van der Waals surface area contributed by atoms with Gasteiger partial charge in [0.1, 0.15) is 15.8 Å². The van der Waals surface area contributed by atoms with E-state index in [1.165, 1.54) is 11.3 Å². The lowest BCUT2D eigenvalue weighted by Gasteiger charge is -2.03. The van der Waals surface area contributed by atoms with Crippen LogP contribution in [0.2, 0.25) is 0 Å². The normalized spacial score (nSPS) is 10.3. The molecule has 0 aliphatic heterocycles. The van der Waals surface area contributed by atoms with Crippen LogP contribution < -0.4 is 4.74 Å². The maximum atomic E-state index is 5.65. The summed E-state index contributed by atoms with van der Waals surface area (Å²) in [7, 11) is 0. The summed E-state index contributed by atoms with van der Waals surface area (Å²) in [6, 6.07) is 9.73. The predicted molar refractivity (Wildman–Crippen MR) is 65.1 cm³/mol. The molecule has 1 aromatic heterocycles. The fourth-order valence-electron chi connectivity index (χ4n) is 1.22. The molecule has 0 N–H and O–H groups in total. The second kappa shape index (κ2) is 5.82. The molecule has 0 unspecified atom stereocenters. The number of halogens is 1. The molecule has 0 atom stereocenters. The standard InChI is InChI=1S/C11H11ClN2OS/c12-8-11-14-13-10(16-11)6-7-15-9-4-2-1-3-5-9/h1-5H,6-8H2. The molecular formula is C11H11ClN2OS. The van der Waals surface area contributed by atoms with Gasteiger partial charge in [-0.2, -0.15) is 0 Å². The summed E-state index contributed by atoms with van der Waals surface area (Å²) in [6.07, 6.45) is 0.767. The first kappa shape index (κ1) is 11.4. The molecule has 3 nitrogen and oxygen atoms in total. The van der Waals surface area contributed by atoms with E-state index < -0.39 is 0 Å². The average molecular weight is 255 g/mol. The molecule has 1 heterocycles. The van der Waals surface area contributed by atoms with Crippen LogP contribution in [0.3, 0.4) is 0 Å². The Balaban J connectivity index is 1.80. The van der Waals surface area contributed by atoms with Crippen molar-refractivity contribution in [3.63, 3.8) is 0 Å². The molecule has 0 bridgehead atoms. The van der Waals surface area contributed by atoms with Gasteiger partial charge in [0.15, 0.2) is 0 Å². The Kier molecular flexibility index (Phi) is 4.13. The van der Waals surface area contributed by atoms with Crippen molar-refractivity contribution in [2.75, 3.05) is 6.61 Å². The number of rotatable bonds is 5. The summed E-state index contributed by atoms with van der Waals surface area (Å²) in [6.45, 7) is 0.612. The Hall–Kier alpha value is -1.13. The van der Waals surface area contributed by atoms with Crippen LogP contribution >= 0.6 is 22.9 Å². The maximum absolute atomic E-state index is 5.65. The highest BCUT2D eigenvalue weighted by Crippen LogP contribution is 2.13. The molecule has 5 heteroatoms. The van der Waals surface area contributed by atoms with E-state index in [0.29, 0.717) is 12.5 Å². The van der Waals surface area contributed by atoms with E-state index in [9.17, 15) is 0 Å². The number of benzene rings is 1. The fourth-order valence-corrected chi connectivity index (χ4v) is 2.11. The first-order valence-corrected chi connectivity index (χ1v) is 6.28. The molecule has 2 rings (SSSR count). The number of aromatic nitrogens is 2. The van der Waals surface area contributed by atoms with Crippen molar-refractivity contribution in [3.8, 4) is 5.75 Å². The predicted octanol–water partition coefficient (Wildman–Crippen LogP) is 2.90. The lowest BCUT2D eigenvalue weighted by atomic mass is 10.3. The second-order valence-electron chi connectivity index (χ2n) is 3.13. The highest BCUT2D eigenvalue weighted by molar-refractivity contribution is 7.11. The van der Waals surface area contributed by atoms with E-state index in [1.807, 2.05) is 30.3 Å². The third-order valence-corrected chi connectivity index (χ3v) is 3.35. The van der Waals surface area contributed by atoms with E-state index in [4.69, 9.17) is 16.3 Å². The third-order valence-electron chi connectivity index (χ3n) is 1.95. The van der Waals surface area contributed by atoms with Crippen LogP contribution in [0.4, 0.5) is 0 Å². The van der Waals surface area contributed by atoms with Crippen LogP contribution in [0, 0.1) is 0 Å². The molecule has 0 aliphatic carbocycles. The van der Waals surface area contributed by atoms with Crippen LogP contribution in [-0.4, -0.2) is 16.8 Å². The van der Waals surface area contributed by atoms with E-state index in [-0.39, 0.29) is 0 Å². The minimum Gasteiger partial charge on any atom is -0.493 e. The molecule has 0 saturated carbocycles. The van der Waals surface area contributed by atoms with Gasteiger partial charge in [0.2, 0.25) is 0 Å². The van der Waals surface area contributed by atoms with Crippen molar-refractivity contribution in [1.29, 1.82) is 0 Å².